The summed E-state index contributed by atoms with van der Waals surface area (Å²) < 4.78 is 0. The molecule has 0 amide bonds. The number of hydrogen-bond acceptors (Lipinski definition) is 6. The highest BCUT2D eigenvalue weighted by molar-refractivity contribution is 6.31. The Kier molecular flexibility index (Phi) is 3.12. The predicted molar refractivity (Wildman–Crippen MR) is 61.0 cm³/mol. The van der Waals surface area contributed by atoms with Crippen LogP contribution in [0, 0.1) is 10.1 Å². The first-order chi connectivity index (χ1) is 8.08. The van der Waals surface area contributed by atoms with Gasteiger partial charge < -0.3 is 10.4 Å². The molecule has 1 aliphatic rings. The summed E-state index contributed by atoms with van der Waals surface area (Å²) in [4.78, 5) is 17.6. The molecule has 1 heterocycles. The number of aromatic nitrogens is 2. The van der Waals surface area contributed by atoms with Gasteiger partial charge in [-0.05, 0) is 19.3 Å². The fraction of sp³-hybridized carbons (Fsp3) is 0.556. The molecule has 1 fully saturated rings. The van der Waals surface area contributed by atoms with Crippen LogP contribution in [0.3, 0.4) is 0 Å². The monoisotopic (exact) mass is 258 g/mol. The maximum atomic E-state index is 10.9. The Bertz CT molecular complexity index is 444. The first-order valence-electron chi connectivity index (χ1n) is 5.12. The number of nitrogens with zero attached hydrogens (tertiary/aromatic N) is 3. The van der Waals surface area contributed by atoms with Crippen molar-refractivity contribution in [2.75, 3.05) is 11.9 Å². The second-order valence-electron chi connectivity index (χ2n) is 4.04. The average Bonchev–Trinajstić information content (AvgIpc) is 2.23. The first kappa shape index (κ1) is 12.0. The molecule has 0 atom stereocenters. The van der Waals surface area contributed by atoms with Crippen molar-refractivity contribution in [2.45, 2.75) is 24.8 Å². The Morgan fingerprint density at radius 1 is 1.59 bits per heavy atom. The molecule has 1 aliphatic carbocycles. The first-order valence-corrected chi connectivity index (χ1v) is 5.50. The summed E-state index contributed by atoms with van der Waals surface area (Å²) in [6.45, 7) is -0.0915. The zero-order valence-electron chi connectivity index (χ0n) is 8.89. The topological polar surface area (TPSA) is 101 Å². The molecular weight excluding hydrogens is 248 g/mol. The molecule has 2 rings (SSSR count). The normalized spacial score (nSPS) is 17.3. The smallest absolute Gasteiger partial charge is 0.348 e. The van der Waals surface area contributed by atoms with E-state index in [9.17, 15) is 15.2 Å². The van der Waals surface area contributed by atoms with E-state index in [0.29, 0.717) is 0 Å². The second-order valence-corrected chi connectivity index (χ2v) is 4.39. The highest BCUT2D eigenvalue weighted by Gasteiger charge is 2.38. The van der Waals surface area contributed by atoms with Gasteiger partial charge >= 0.3 is 5.69 Å². The molecule has 0 aromatic carbocycles. The molecule has 1 saturated carbocycles. The Labute approximate surface area is 102 Å². The van der Waals surface area contributed by atoms with Crippen molar-refractivity contribution < 1.29 is 10.0 Å². The summed E-state index contributed by atoms with van der Waals surface area (Å²) in [6, 6.07) is 0. The van der Waals surface area contributed by atoms with Gasteiger partial charge in [0.1, 0.15) is 6.33 Å². The van der Waals surface area contributed by atoms with E-state index < -0.39 is 10.5 Å². The van der Waals surface area contributed by atoms with Gasteiger partial charge in [0.25, 0.3) is 0 Å². The van der Waals surface area contributed by atoms with E-state index in [-0.39, 0.29) is 23.3 Å². The van der Waals surface area contributed by atoms with Gasteiger partial charge in [0.2, 0.25) is 11.0 Å². The summed E-state index contributed by atoms with van der Waals surface area (Å²) in [5.41, 5.74) is -0.864. The Hall–Kier alpha value is -1.47. The SMILES string of the molecule is O=[N+]([O-])c1c(Cl)ncnc1NC1(CO)CCC1. The molecule has 1 aromatic rings. The fourth-order valence-corrected chi connectivity index (χ4v) is 1.99. The van der Waals surface area contributed by atoms with Gasteiger partial charge in [0.05, 0.1) is 17.1 Å². The zero-order chi connectivity index (χ0) is 12.5. The number of aliphatic hydroxyl groups is 1. The van der Waals surface area contributed by atoms with E-state index in [2.05, 4.69) is 15.3 Å². The van der Waals surface area contributed by atoms with E-state index >= 15 is 0 Å². The van der Waals surface area contributed by atoms with Crippen LogP contribution < -0.4 is 5.32 Å². The molecule has 1 aromatic heterocycles. The minimum absolute atomic E-state index is 0.0590. The van der Waals surface area contributed by atoms with E-state index in [1.54, 1.807) is 0 Å². The molecule has 0 aliphatic heterocycles. The van der Waals surface area contributed by atoms with Crippen LogP contribution in [0.4, 0.5) is 11.5 Å². The molecule has 8 heteroatoms. The Balaban J connectivity index is 2.32. The van der Waals surface area contributed by atoms with Crippen LogP contribution in [0.2, 0.25) is 5.15 Å². The van der Waals surface area contributed by atoms with Crippen molar-refractivity contribution in [1.29, 1.82) is 0 Å². The maximum Gasteiger partial charge on any atom is 0.348 e. The van der Waals surface area contributed by atoms with E-state index in [1.807, 2.05) is 0 Å². The van der Waals surface area contributed by atoms with Crippen LogP contribution in [-0.4, -0.2) is 32.1 Å². The van der Waals surface area contributed by atoms with Crippen LogP contribution in [0.25, 0.3) is 0 Å². The molecule has 0 saturated heterocycles. The van der Waals surface area contributed by atoms with Crippen LogP contribution in [0.15, 0.2) is 6.33 Å². The van der Waals surface area contributed by atoms with Gasteiger partial charge in [-0.15, -0.1) is 0 Å². The van der Waals surface area contributed by atoms with Gasteiger partial charge in [-0.25, -0.2) is 9.97 Å². The van der Waals surface area contributed by atoms with Crippen molar-refractivity contribution in [3.63, 3.8) is 0 Å². The number of rotatable bonds is 4. The summed E-state index contributed by atoms with van der Waals surface area (Å²) >= 11 is 5.66. The summed E-state index contributed by atoms with van der Waals surface area (Å²) in [5, 5.41) is 22.8. The summed E-state index contributed by atoms with van der Waals surface area (Å²) in [7, 11) is 0. The van der Waals surface area contributed by atoms with Gasteiger partial charge in [-0.3, -0.25) is 10.1 Å². The van der Waals surface area contributed by atoms with Crippen LogP contribution in [0.5, 0.6) is 0 Å². The molecule has 0 radical (unpaired) electrons. The third-order valence-corrected chi connectivity index (χ3v) is 3.23. The fourth-order valence-electron chi connectivity index (χ4n) is 1.79. The quantitative estimate of drug-likeness (QED) is 0.480. The van der Waals surface area contributed by atoms with Crippen molar-refractivity contribution in [3.8, 4) is 0 Å². The summed E-state index contributed by atoms with van der Waals surface area (Å²) in [6.07, 6.45) is 3.63. The van der Waals surface area contributed by atoms with Crippen molar-refractivity contribution >= 4 is 23.1 Å². The number of nitro groups is 1. The van der Waals surface area contributed by atoms with Crippen molar-refractivity contribution in [2.24, 2.45) is 0 Å². The second kappa shape index (κ2) is 4.42. The molecule has 17 heavy (non-hydrogen) atoms. The molecule has 7 nitrogen and oxygen atoms in total. The molecule has 0 unspecified atom stereocenters. The molecule has 0 spiro atoms. The summed E-state index contributed by atoms with van der Waals surface area (Å²) in [5.74, 6) is 0.0590. The largest absolute Gasteiger partial charge is 0.394 e. The molecule has 2 N–H and O–H groups in total. The van der Waals surface area contributed by atoms with Crippen LogP contribution >= 0.6 is 11.6 Å². The number of aliphatic hydroxyl groups excluding tert-OH is 1. The van der Waals surface area contributed by atoms with E-state index in [1.165, 1.54) is 0 Å². The van der Waals surface area contributed by atoms with Gasteiger partial charge in [0, 0.05) is 0 Å². The number of nitrogens with one attached hydrogen (secondary N) is 1. The predicted octanol–water partition coefficient (Wildman–Crippen LogP) is 1.37. The van der Waals surface area contributed by atoms with Crippen LogP contribution in [0.1, 0.15) is 19.3 Å². The zero-order valence-corrected chi connectivity index (χ0v) is 9.65. The number of anilines is 1. The lowest BCUT2D eigenvalue weighted by atomic mass is 9.77. The average molecular weight is 259 g/mol. The molecule has 92 valence electrons. The standard InChI is InChI=1S/C9H11ClN4O3/c10-7-6(14(16)17)8(12-5-11-7)13-9(4-15)2-1-3-9/h5,15H,1-4H2,(H,11,12,13). The highest BCUT2D eigenvalue weighted by atomic mass is 35.5. The van der Waals surface area contributed by atoms with Gasteiger partial charge in [-0.1, -0.05) is 11.6 Å². The van der Waals surface area contributed by atoms with E-state index in [0.717, 1.165) is 25.6 Å². The third kappa shape index (κ3) is 2.16. The van der Waals surface area contributed by atoms with Gasteiger partial charge in [0.15, 0.2) is 0 Å². The molecular formula is C9H11ClN4O3. The number of hydrogen-bond donors (Lipinski definition) is 2. The Morgan fingerprint density at radius 2 is 2.29 bits per heavy atom. The lowest BCUT2D eigenvalue weighted by molar-refractivity contribution is -0.384. The number of halogens is 1. The van der Waals surface area contributed by atoms with Crippen molar-refractivity contribution in [3.05, 3.63) is 21.6 Å². The minimum Gasteiger partial charge on any atom is -0.394 e. The highest BCUT2D eigenvalue weighted by Crippen LogP contribution is 2.38. The van der Waals surface area contributed by atoms with Crippen molar-refractivity contribution in [1.82, 2.24) is 9.97 Å². The Morgan fingerprint density at radius 3 is 2.76 bits per heavy atom. The molecule has 0 bridgehead atoms. The third-order valence-electron chi connectivity index (χ3n) is 2.96. The lowest BCUT2D eigenvalue weighted by Gasteiger charge is -2.41. The van der Waals surface area contributed by atoms with E-state index in [4.69, 9.17) is 11.6 Å². The lowest BCUT2D eigenvalue weighted by Crippen LogP contribution is -2.48. The van der Waals surface area contributed by atoms with Gasteiger partial charge in [-0.2, -0.15) is 0 Å². The minimum atomic E-state index is -0.631. The van der Waals surface area contributed by atoms with Crippen LogP contribution in [-0.2, 0) is 0 Å². The maximum absolute atomic E-state index is 10.9.